The quantitative estimate of drug-likeness (QED) is 0.899. The van der Waals surface area contributed by atoms with Crippen LogP contribution in [0.5, 0.6) is 0 Å². The van der Waals surface area contributed by atoms with Gasteiger partial charge in [0.2, 0.25) is 5.89 Å². The third-order valence-electron chi connectivity index (χ3n) is 2.68. The maximum atomic E-state index is 5.27. The molecule has 0 aliphatic carbocycles. The van der Waals surface area contributed by atoms with Crippen molar-refractivity contribution in [1.29, 1.82) is 0 Å². The zero-order valence-corrected chi connectivity index (χ0v) is 12.7. The lowest BCUT2D eigenvalue weighted by molar-refractivity contribution is 0.224. The van der Waals surface area contributed by atoms with E-state index in [9.17, 15) is 0 Å². The number of halogens is 2. The zero-order valence-electron chi connectivity index (χ0n) is 11.1. The molecule has 1 N–H and O–H groups in total. The summed E-state index contributed by atoms with van der Waals surface area (Å²) >= 11 is 0. The van der Waals surface area contributed by atoms with E-state index in [0.29, 0.717) is 0 Å². The van der Waals surface area contributed by atoms with Crippen LogP contribution in [0.25, 0.3) is 0 Å². The summed E-state index contributed by atoms with van der Waals surface area (Å²) in [6.07, 6.45) is 0. The van der Waals surface area contributed by atoms with Crippen molar-refractivity contribution in [3.8, 4) is 0 Å². The fraction of sp³-hybridized carbons (Fsp3) is 0.818. The Kier molecular flexibility index (Phi) is 7.14. The molecular formula is C11H22Cl2N4O. The Hall–Kier alpha value is -0.360. The number of hydrogen-bond acceptors (Lipinski definition) is 5. The van der Waals surface area contributed by atoms with Crippen molar-refractivity contribution >= 4 is 24.8 Å². The maximum Gasteiger partial charge on any atom is 0.232 e. The standard InChI is InChI=1S/C11H20N4O.2ClH/c1-11(2,3)10-13-9(14-16-10)8-15-6-4-12-5-7-15;;/h12H,4-8H2,1-3H3;2*1H. The van der Waals surface area contributed by atoms with Gasteiger partial charge < -0.3 is 9.84 Å². The Morgan fingerprint density at radius 1 is 1.22 bits per heavy atom. The summed E-state index contributed by atoms with van der Waals surface area (Å²) in [5.74, 6) is 1.52. The molecule has 5 nitrogen and oxygen atoms in total. The van der Waals surface area contributed by atoms with Gasteiger partial charge in [-0.1, -0.05) is 25.9 Å². The third-order valence-corrected chi connectivity index (χ3v) is 2.68. The van der Waals surface area contributed by atoms with Gasteiger partial charge in [-0.25, -0.2) is 0 Å². The Morgan fingerprint density at radius 2 is 1.83 bits per heavy atom. The highest BCUT2D eigenvalue weighted by Crippen LogP contribution is 2.19. The van der Waals surface area contributed by atoms with Crippen LogP contribution in [0.4, 0.5) is 0 Å². The minimum absolute atomic E-state index is 0. The van der Waals surface area contributed by atoms with Crippen LogP contribution >= 0.6 is 24.8 Å². The largest absolute Gasteiger partial charge is 0.339 e. The highest BCUT2D eigenvalue weighted by Gasteiger charge is 2.22. The van der Waals surface area contributed by atoms with Gasteiger partial charge in [-0.3, -0.25) is 4.90 Å². The molecule has 0 spiro atoms. The van der Waals surface area contributed by atoms with Crippen LogP contribution < -0.4 is 5.32 Å². The van der Waals surface area contributed by atoms with Crippen LogP contribution in [0, 0.1) is 0 Å². The number of aromatic nitrogens is 2. The minimum Gasteiger partial charge on any atom is -0.339 e. The van der Waals surface area contributed by atoms with Crippen molar-refractivity contribution < 1.29 is 4.52 Å². The Morgan fingerprint density at radius 3 is 2.33 bits per heavy atom. The van der Waals surface area contributed by atoms with Crippen LogP contribution in [-0.4, -0.2) is 41.2 Å². The minimum atomic E-state index is -0.0608. The molecule has 106 valence electrons. The maximum absolute atomic E-state index is 5.27. The van der Waals surface area contributed by atoms with Crippen LogP contribution in [0.2, 0.25) is 0 Å². The highest BCUT2D eigenvalue weighted by atomic mass is 35.5. The zero-order chi connectivity index (χ0) is 11.6. The molecule has 2 rings (SSSR count). The molecule has 0 unspecified atom stereocenters. The predicted octanol–water partition coefficient (Wildman–Crippen LogP) is 1.62. The van der Waals surface area contributed by atoms with E-state index in [-0.39, 0.29) is 30.2 Å². The number of piperazine rings is 1. The van der Waals surface area contributed by atoms with Gasteiger partial charge in [0.1, 0.15) is 0 Å². The lowest BCUT2D eigenvalue weighted by Gasteiger charge is -2.25. The molecular weight excluding hydrogens is 275 g/mol. The third kappa shape index (κ3) is 4.72. The van der Waals surface area contributed by atoms with Gasteiger partial charge in [0.05, 0.1) is 6.54 Å². The van der Waals surface area contributed by atoms with Gasteiger partial charge in [-0.2, -0.15) is 4.98 Å². The second kappa shape index (κ2) is 7.28. The van der Waals surface area contributed by atoms with Crippen LogP contribution in [0.15, 0.2) is 4.52 Å². The first-order valence-corrected chi connectivity index (χ1v) is 5.82. The molecule has 0 amide bonds. The predicted molar refractivity (Wildman–Crippen MR) is 75.6 cm³/mol. The van der Waals surface area contributed by atoms with Gasteiger partial charge in [-0.05, 0) is 0 Å². The fourth-order valence-electron chi connectivity index (χ4n) is 1.69. The van der Waals surface area contributed by atoms with E-state index in [1.54, 1.807) is 0 Å². The first kappa shape index (κ1) is 17.6. The van der Waals surface area contributed by atoms with E-state index in [0.717, 1.165) is 44.4 Å². The Labute approximate surface area is 121 Å². The molecule has 1 aromatic rings. The molecule has 0 radical (unpaired) electrons. The molecule has 7 heteroatoms. The lowest BCUT2D eigenvalue weighted by Crippen LogP contribution is -2.43. The first-order valence-electron chi connectivity index (χ1n) is 5.82. The van der Waals surface area contributed by atoms with E-state index in [1.807, 2.05) is 0 Å². The summed E-state index contributed by atoms with van der Waals surface area (Å²) in [4.78, 5) is 6.78. The molecule has 0 atom stereocenters. The topological polar surface area (TPSA) is 54.2 Å². The molecule has 0 bridgehead atoms. The van der Waals surface area contributed by atoms with E-state index >= 15 is 0 Å². The summed E-state index contributed by atoms with van der Waals surface area (Å²) < 4.78 is 5.27. The van der Waals surface area contributed by atoms with Crippen LogP contribution in [0.3, 0.4) is 0 Å². The van der Waals surface area contributed by atoms with Crippen molar-refractivity contribution in [2.75, 3.05) is 26.2 Å². The number of nitrogens with zero attached hydrogens (tertiary/aromatic N) is 3. The molecule has 0 saturated carbocycles. The first-order chi connectivity index (χ1) is 7.55. The molecule has 1 fully saturated rings. The van der Waals surface area contributed by atoms with Crippen molar-refractivity contribution in [2.45, 2.75) is 32.7 Å². The van der Waals surface area contributed by atoms with E-state index in [2.05, 4.69) is 41.1 Å². The molecule has 1 saturated heterocycles. The number of nitrogens with one attached hydrogen (secondary N) is 1. The van der Waals surface area contributed by atoms with Gasteiger partial charge in [0.15, 0.2) is 5.82 Å². The van der Waals surface area contributed by atoms with E-state index in [1.165, 1.54) is 0 Å². The van der Waals surface area contributed by atoms with E-state index < -0.39 is 0 Å². The van der Waals surface area contributed by atoms with E-state index in [4.69, 9.17) is 4.52 Å². The second-order valence-corrected chi connectivity index (χ2v) is 5.29. The average molecular weight is 297 g/mol. The summed E-state index contributed by atoms with van der Waals surface area (Å²) in [5.41, 5.74) is -0.0608. The van der Waals surface area contributed by atoms with Crippen LogP contribution in [0.1, 0.15) is 32.5 Å². The summed E-state index contributed by atoms with van der Waals surface area (Å²) in [7, 11) is 0. The summed E-state index contributed by atoms with van der Waals surface area (Å²) in [6.45, 7) is 11.2. The van der Waals surface area contributed by atoms with Crippen LogP contribution in [-0.2, 0) is 12.0 Å². The van der Waals surface area contributed by atoms with Crippen molar-refractivity contribution in [3.63, 3.8) is 0 Å². The van der Waals surface area contributed by atoms with Crippen molar-refractivity contribution in [3.05, 3.63) is 11.7 Å². The van der Waals surface area contributed by atoms with Gasteiger partial charge in [0, 0.05) is 31.6 Å². The summed E-state index contributed by atoms with van der Waals surface area (Å²) in [6, 6.07) is 0. The average Bonchev–Trinajstić information content (AvgIpc) is 2.67. The Bertz CT molecular complexity index is 345. The van der Waals surface area contributed by atoms with Gasteiger partial charge in [0.25, 0.3) is 0 Å². The molecule has 1 aromatic heterocycles. The molecule has 2 heterocycles. The van der Waals surface area contributed by atoms with Gasteiger partial charge >= 0.3 is 0 Å². The van der Waals surface area contributed by atoms with Crippen molar-refractivity contribution in [1.82, 2.24) is 20.4 Å². The van der Waals surface area contributed by atoms with Gasteiger partial charge in [-0.15, -0.1) is 24.8 Å². The monoisotopic (exact) mass is 296 g/mol. The smallest absolute Gasteiger partial charge is 0.232 e. The molecule has 18 heavy (non-hydrogen) atoms. The summed E-state index contributed by atoms with van der Waals surface area (Å²) in [5, 5.41) is 7.35. The second-order valence-electron chi connectivity index (χ2n) is 5.29. The molecule has 1 aliphatic heterocycles. The normalized spacial score (nSPS) is 16.8. The fourth-order valence-corrected chi connectivity index (χ4v) is 1.69. The highest BCUT2D eigenvalue weighted by molar-refractivity contribution is 5.85. The number of rotatable bonds is 2. The molecule has 0 aromatic carbocycles. The van der Waals surface area contributed by atoms with Crippen molar-refractivity contribution in [2.24, 2.45) is 0 Å². The number of hydrogen-bond donors (Lipinski definition) is 1. The molecule has 1 aliphatic rings. The Balaban J connectivity index is 0.00000144. The SMILES string of the molecule is CC(C)(C)c1nc(CN2CCNCC2)no1.Cl.Cl. The lowest BCUT2D eigenvalue weighted by atomic mass is 9.97.